The van der Waals surface area contributed by atoms with Crippen LogP contribution in [0.5, 0.6) is 0 Å². The minimum absolute atomic E-state index is 0.0431. The van der Waals surface area contributed by atoms with Crippen LogP contribution in [-0.4, -0.2) is 31.7 Å². The Bertz CT molecular complexity index is 1300. The number of amides is 1. The Labute approximate surface area is 198 Å². The lowest BCUT2D eigenvalue weighted by molar-refractivity contribution is 0.0938. The fourth-order valence-electron chi connectivity index (χ4n) is 5.25. The molecule has 34 heavy (non-hydrogen) atoms. The maximum atomic E-state index is 12.8. The molecule has 2 aliphatic carbocycles. The summed E-state index contributed by atoms with van der Waals surface area (Å²) < 4.78 is 2.07. The van der Waals surface area contributed by atoms with Crippen LogP contribution < -0.4 is 10.6 Å². The average molecular weight is 453 g/mol. The lowest BCUT2D eigenvalue weighted by atomic mass is 9.96. The van der Waals surface area contributed by atoms with Crippen molar-refractivity contribution >= 4 is 28.6 Å². The molecule has 4 aromatic rings. The topological polar surface area (TPSA) is 84.7 Å². The second kappa shape index (κ2) is 8.89. The van der Waals surface area contributed by atoms with E-state index >= 15 is 0 Å². The number of nitrogens with one attached hydrogen (secondary N) is 2. The van der Waals surface area contributed by atoms with Crippen molar-refractivity contribution in [1.29, 1.82) is 0 Å². The van der Waals surface area contributed by atoms with Gasteiger partial charge in [0.25, 0.3) is 5.91 Å². The van der Waals surface area contributed by atoms with E-state index in [1.165, 1.54) is 30.4 Å². The fraction of sp³-hybridized carbons (Fsp3) is 0.333. The third kappa shape index (κ3) is 4.14. The second-order valence-corrected chi connectivity index (χ2v) is 9.40. The van der Waals surface area contributed by atoms with Crippen molar-refractivity contribution in [2.24, 2.45) is 0 Å². The van der Waals surface area contributed by atoms with E-state index in [0.717, 1.165) is 42.4 Å². The molecule has 7 nitrogen and oxygen atoms in total. The molecule has 0 spiro atoms. The van der Waals surface area contributed by atoms with Crippen LogP contribution in [0.2, 0.25) is 0 Å². The van der Waals surface area contributed by atoms with Gasteiger partial charge >= 0.3 is 0 Å². The largest absolute Gasteiger partial charge is 0.349 e. The van der Waals surface area contributed by atoms with Crippen LogP contribution in [0.25, 0.3) is 11.0 Å². The van der Waals surface area contributed by atoms with Crippen molar-refractivity contribution in [1.82, 2.24) is 25.1 Å². The van der Waals surface area contributed by atoms with Gasteiger partial charge in [0.2, 0.25) is 5.95 Å². The molecule has 1 saturated carbocycles. The number of hydrogen-bond acceptors (Lipinski definition) is 5. The number of aromatic nitrogens is 4. The molecule has 172 valence electrons. The minimum Gasteiger partial charge on any atom is -0.349 e. The zero-order chi connectivity index (χ0) is 22.9. The standard InChI is InChI=1S/C27H28N6O/c34-26(30-23-14-19-6-4-5-7-20(19)15-23)18-10-12-22(13-11-18)31-27-28-16-21-17-29-33(25(21)32-27)24-8-2-1-3-9-24/h4-7,10-13,16-17,23-24H,1-3,8-9,14-15H2,(H,30,34)(H,28,31,32). The van der Waals surface area contributed by atoms with Crippen LogP contribution >= 0.6 is 0 Å². The van der Waals surface area contributed by atoms with E-state index in [0.29, 0.717) is 17.6 Å². The molecule has 0 atom stereocenters. The van der Waals surface area contributed by atoms with Gasteiger partial charge in [0.1, 0.15) is 0 Å². The van der Waals surface area contributed by atoms with Crippen LogP contribution in [0.1, 0.15) is 59.6 Å². The first kappa shape index (κ1) is 20.8. The highest BCUT2D eigenvalue weighted by Crippen LogP contribution is 2.30. The summed E-state index contributed by atoms with van der Waals surface area (Å²) in [6.45, 7) is 0. The number of benzene rings is 2. The van der Waals surface area contributed by atoms with E-state index in [1.807, 2.05) is 36.7 Å². The minimum atomic E-state index is -0.0431. The number of anilines is 2. The number of carbonyl (C=O) groups excluding carboxylic acids is 1. The molecule has 1 amide bonds. The molecule has 1 fully saturated rings. The summed E-state index contributed by atoms with van der Waals surface area (Å²) in [7, 11) is 0. The van der Waals surface area contributed by atoms with E-state index in [9.17, 15) is 4.79 Å². The normalized spacial score (nSPS) is 16.5. The molecule has 0 unspecified atom stereocenters. The summed E-state index contributed by atoms with van der Waals surface area (Å²) in [5.74, 6) is 0.490. The molecule has 2 aliphatic rings. The van der Waals surface area contributed by atoms with Crippen molar-refractivity contribution in [3.8, 4) is 0 Å². The van der Waals surface area contributed by atoms with Gasteiger partial charge in [-0.15, -0.1) is 0 Å². The quantitative estimate of drug-likeness (QED) is 0.446. The molecule has 0 bridgehead atoms. The Morgan fingerprint density at radius 3 is 2.38 bits per heavy atom. The Balaban J connectivity index is 1.12. The summed E-state index contributed by atoms with van der Waals surface area (Å²) >= 11 is 0. The number of rotatable bonds is 5. The zero-order valence-corrected chi connectivity index (χ0v) is 19.1. The maximum Gasteiger partial charge on any atom is 0.251 e. The first-order valence-corrected chi connectivity index (χ1v) is 12.2. The molecule has 6 rings (SSSR count). The number of hydrogen-bond donors (Lipinski definition) is 2. The van der Waals surface area contributed by atoms with Gasteiger partial charge in [0.05, 0.1) is 17.6 Å². The summed E-state index contributed by atoms with van der Waals surface area (Å²) in [6.07, 6.45) is 11.5. The average Bonchev–Trinajstić information content (AvgIpc) is 3.48. The lowest BCUT2D eigenvalue weighted by Crippen LogP contribution is -2.35. The monoisotopic (exact) mass is 452 g/mol. The van der Waals surface area contributed by atoms with Crippen molar-refractivity contribution in [3.05, 3.63) is 77.6 Å². The summed E-state index contributed by atoms with van der Waals surface area (Å²) in [5.41, 5.74) is 5.02. The van der Waals surface area contributed by atoms with Gasteiger partial charge < -0.3 is 10.6 Å². The molecule has 2 N–H and O–H groups in total. The van der Waals surface area contributed by atoms with Gasteiger partial charge in [-0.25, -0.2) is 9.67 Å². The molecule has 2 aromatic carbocycles. The fourth-order valence-corrected chi connectivity index (χ4v) is 5.25. The van der Waals surface area contributed by atoms with Crippen LogP contribution in [0.4, 0.5) is 11.6 Å². The molecule has 7 heteroatoms. The van der Waals surface area contributed by atoms with Gasteiger partial charge in [-0.05, 0) is 61.1 Å². The highest BCUT2D eigenvalue weighted by molar-refractivity contribution is 5.94. The summed E-state index contributed by atoms with van der Waals surface area (Å²) in [4.78, 5) is 22.0. The second-order valence-electron chi connectivity index (χ2n) is 9.40. The maximum absolute atomic E-state index is 12.8. The SMILES string of the molecule is O=C(NC1Cc2ccccc2C1)c1ccc(Nc2ncc3cnn(C4CCCCC4)c3n2)cc1. The van der Waals surface area contributed by atoms with Crippen LogP contribution in [0.3, 0.4) is 0 Å². The predicted molar refractivity (Wildman–Crippen MR) is 132 cm³/mol. The summed E-state index contributed by atoms with van der Waals surface area (Å²) in [5, 5.41) is 12.0. The molecule has 2 aromatic heterocycles. The molecule has 2 heterocycles. The smallest absolute Gasteiger partial charge is 0.251 e. The van der Waals surface area contributed by atoms with Crippen LogP contribution in [0, 0.1) is 0 Å². The van der Waals surface area contributed by atoms with Crippen molar-refractivity contribution in [2.45, 2.75) is 57.0 Å². The van der Waals surface area contributed by atoms with E-state index in [1.54, 1.807) is 0 Å². The number of carbonyl (C=O) groups is 1. The van der Waals surface area contributed by atoms with E-state index in [-0.39, 0.29) is 11.9 Å². The summed E-state index contributed by atoms with van der Waals surface area (Å²) in [6, 6.07) is 16.4. The Kier molecular flexibility index (Phi) is 5.45. The Hall–Kier alpha value is -3.74. The van der Waals surface area contributed by atoms with E-state index in [4.69, 9.17) is 4.98 Å². The van der Waals surface area contributed by atoms with E-state index < -0.39 is 0 Å². The zero-order valence-electron chi connectivity index (χ0n) is 19.1. The Morgan fingerprint density at radius 2 is 1.65 bits per heavy atom. The number of nitrogens with zero attached hydrogens (tertiary/aromatic N) is 4. The van der Waals surface area contributed by atoms with Crippen LogP contribution in [-0.2, 0) is 12.8 Å². The van der Waals surface area contributed by atoms with Gasteiger partial charge in [-0.3, -0.25) is 4.79 Å². The van der Waals surface area contributed by atoms with Crippen molar-refractivity contribution in [2.75, 3.05) is 5.32 Å². The molecule has 0 radical (unpaired) electrons. The van der Waals surface area contributed by atoms with Crippen molar-refractivity contribution in [3.63, 3.8) is 0 Å². The highest BCUT2D eigenvalue weighted by Gasteiger charge is 2.23. The van der Waals surface area contributed by atoms with E-state index in [2.05, 4.69) is 49.7 Å². The number of fused-ring (bicyclic) bond motifs is 2. The molecule has 0 saturated heterocycles. The van der Waals surface area contributed by atoms with Crippen molar-refractivity contribution < 1.29 is 4.79 Å². The first-order valence-electron chi connectivity index (χ1n) is 12.2. The third-order valence-electron chi connectivity index (χ3n) is 7.04. The van der Waals surface area contributed by atoms with Gasteiger partial charge in [0, 0.05) is 23.5 Å². The third-order valence-corrected chi connectivity index (χ3v) is 7.04. The lowest BCUT2D eigenvalue weighted by Gasteiger charge is -2.22. The van der Waals surface area contributed by atoms with Gasteiger partial charge in [0.15, 0.2) is 5.65 Å². The predicted octanol–water partition coefficient (Wildman–Crippen LogP) is 4.97. The van der Waals surface area contributed by atoms with Gasteiger partial charge in [-0.2, -0.15) is 10.1 Å². The molecule has 0 aliphatic heterocycles. The molecular formula is C27H28N6O. The molecular weight excluding hydrogens is 424 g/mol. The van der Waals surface area contributed by atoms with Crippen LogP contribution in [0.15, 0.2) is 60.9 Å². The Morgan fingerprint density at radius 1 is 0.912 bits per heavy atom. The highest BCUT2D eigenvalue weighted by atomic mass is 16.1. The van der Waals surface area contributed by atoms with Gasteiger partial charge in [-0.1, -0.05) is 43.5 Å². The first-order chi connectivity index (χ1) is 16.7.